The highest BCUT2D eigenvalue weighted by molar-refractivity contribution is 6.04. The van der Waals surface area contributed by atoms with Gasteiger partial charge in [0.25, 0.3) is 0 Å². The monoisotopic (exact) mass is 721 g/mol. The van der Waals surface area contributed by atoms with Gasteiger partial charge >= 0.3 is 0 Å². The lowest BCUT2D eigenvalue weighted by Gasteiger charge is -2.30. The summed E-state index contributed by atoms with van der Waals surface area (Å²) < 4.78 is 0. The van der Waals surface area contributed by atoms with Gasteiger partial charge in [-0.05, 0) is 100 Å². The summed E-state index contributed by atoms with van der Waals surface area (Å²) in [6.07, 6.45) is 0. The molecule has 0 aliphatic heterocycles. The predicted octanol–water partition coefficient (Wildman–Crippen LogP) is 14.4. The van der Waals surface area contributed by atoms with Gasteiger partial charge in [0, 0.05) is 11.1 Å². The molecule has 0 N–H and O–H groups in total. The molecule has 2 aliphatic rings. The van der Waals surface area contributed by atoms with E-state index in [1.54, 1.807) is 0 Å². The lowest BCUT2D eigenvalue weighted by atomic mass is 9.70. The van der Waals surface area contributed by atoms with Crippen molar-refractivity contribution in [3.8, 4) is 67.0 Å². The molecule has 1 heterocycles. The van der Waals surface area contributed by atoms with Crippen LogP contribution >= 0.6 is 0 Å². The van der Waals surface area contributed by atoms with Crippen LogP contribution in [0.1, 0.15) is 22.3 Å². The van der Waals surface area contributed by atoms with Gasteiger partial charge in [0.15, 0.2) is 0 Å². The largest absolute Gasteiger partial charge is 0.248 e. The van der Waals surface area contributed by atoms with E-state index in [1.165, 1.54) is 82.7 Å². The second-order valence-corrected chi connectivity index (χ2v) is 15.3. The standard InChI is InChI=1S/C56H35N/c1-2-16-38(17-3-1)43-27-14-32-50-54(43)45-24-8-10-30-48(45)56(50)49-31-11-9-25-46(49)55-47(29-15-33-51(55)56)53-35-39(42-26-12-20-36-18-4-6-22-40(36)42)34-52(57-53)44-28-13-21-37-19-5-7-23-41(37)44/h1-35H. The summed E-state index contributed by atoms with van der Waals surface area (Å²) in [4.78, 5) is 5.64. The number of aromatic nitrogens is 1. The highest BCUT2D eigenvalue weighted by atomic mass is 14.7. The zero-order valence-corrected chi connectivity index (χ0v) is 31.2. The Morgan fingerprint density at radius 2 is 0.702 bits per heavy atom. The van der Waals surface area contributed by atoms with Crippen LogP contribution in [0.4, 0.5) is 0 Å². The second kappa shape index (κ2) is 12.3. The summed E-state index contributed by atoms with van der Waals surface area (Å²) in [5, 5.41) is 4.87. The van der Waals surface area contributed by atoms with E-state index in [0.717, 1.165) is 28.1 Å². The van der Waals surface area contributed by atoms with E-state index >= 15 is 0 Å². The third-order valence-electron chi connectivity index (χ3n) is 12.5. The number of rotatable bonds is 4. The molecule has 57 heavy (non-hydrogen) atoms. The zero-order chi connectivity index (χ0) is 37.5. The van der Waals surface area contributed by atoms with Crippen molar-refractivity contribution in [1.29, 1.82) is 0 Å². The first kappa shape index (κ1) is 31.9. The van der Waals surface area contributed by atoms with Crippen molar-refractivity contribution in [2.75, 3.05) is 0 Å². The van der Waals surface area contributed by atoms with E-state index in [1.807, 2.05) is 0 Å². The van der Waals surface area contributed by atoms with E-state index in [2.05, 4.69) is 212 Å². The summed E-state index contributed by atoms with van der Waals surface area (Å²) in [7, 11) is 0. The van der Waals surface area contributed by atoms with Gasteiger partial charge in [-0.2, -0.15) is 0 Å². The van der Waals surface area contributed by atoms with E-state index in [4.69, 9.17) is 4.98 Å². The van der Waals surface area contributed by atoms with E-state index in [-0.39, 0.29) is 0 Å². The molecule has 0 saturated carbocycles. The molecule has 1 spiro atoms. The molecule has 1 aromatic heterocycles. The van der Waals surface area contributed by atoms with Gasteiger partial charge in [-0.1, -0.05) is 200 Å². The minimum atomic E-state index is -0.482. The Labute approximate surface area is 332 Å². The maximum Gasteiger partial charge on any atom is 0.0725 e. The van der Waals surface area contributed by atoms with Crippen molar-refractivity contribution >= 4 is 21.5 Å². The molecular formula is C56H35N. The van der Waals surface area contributed by atoms with Gasteiger partial charge in [-0.25, -0.2) is 4.98 Å². The molecule has 1 nitrogen and oxygen atoms in total. The molecule has 264 valence electrons. The van der Waals surface area contributed by atoms with Crippen LogP contribution in [0.2, 0.25) is 0 Å². The topological polar surface area (TPSA) is 12.9 Å². The summed E-state index contributed by atoms with van der Waals surface area (Å²) in [5.74, 6) is 0. The van der Waals surface area contributed by atoms with Crippen LogP contribution in [0, 0.1) is 0 Å². The number of hydrogen-bond acceptors (Lipinski definition) is 1. The Kier molecular flexibility index (Phi) is 6.91. The van der Waals surface area contributed by atoms with Crippen LogP contribution < -0.4 is 0 Å². The first-order valence-electron chi connectivity index (χ1n) is 19.8. The SMILES string of the molecule is c1ccc(-c2cccc3c2-c2ccccc2C32c3ccccc3-c3c(-c4cc(-c5cccc6ccccc56)cc(-c5cccc6ccccc56)n4)cccc32)cc1. The molecule has 0 fully saturated rings. The third kappa shape index (κ3) is 4.54. The minimum Gasteiger partial charge on any atom is -0.248 e. The molecule has 0 radical (unpaired) electrons. The summed E-state index contributed by atoms with van der Waals surface area (Å²) >= 11 is 0. The Hall–Kier alpha value is -7.35. The highest BCUT2D eigenvalue weighted by Crippen LogP contribution is 2.65. The first-order valence-corrected chi connectivity index (χ1v) is 19.8. The molecule has 1 heteroatoms. The maximum atomic E-state index is 5.64. The average molecular weight is 722 g/mol. The molecule has 0 saturated heterocycles. The molecule has 2 aliphatic carbocycles. The Morgan fingerprint density at radius 3 is 1.37 bits per heavy atom. The summed E-state index contributed by atoms with van der Waals surface area (Å²) in [5.41, 5.74) is 19.0. The second-order valence-electron chi connectivity index (χ2n) is 15.3. The van der Waals surface area contributed by atoms with Crippen LogP contribution in [-0.2, 0) is 5.41 Å². The van der Waals surface area contributed by atoms with Crippen molar-refractivity contribution in [3.05, 3.63) is 235 Å². The van der Waals surface area contributed by atoms with Gasteiger partial charge < -0.3 is 0 Å². The maximum absolute atomic E-state index is 5.64. The van der Waals surface area contributed by atoms with Gasteiger partial charge in [0.2, 0.25) is 0 Å². The molecule has 1 atom stereocenters. The van der Waals surface area contributed by atoms with Crippen LogP contribution in [0.3, 0.4) is 0 Å². The number of nitrogens with zero attached hydrogens (tertiary/aromatic N) is 1. The lowest BCUT2D eigenvalue weighted by Crippen LogP contribution is -2.25. The zero-order valence-electron chi connectivity index (χ0n) is 31.2. The summed E-state index contributed by atoms with van der Waals surface area (Å²) in [6, 6.07) is 78.0. The van der Waals surface area contributed by atoms with Crippen molar-refractivity contribution in [3.63, 3.8) is 0 Å². The van der Waals surface area contributed by atoms with Crippen LogP contribution in [0.15, 0.2) is 212 Å². The smallest absolute Gasteiger partial charge is 0.0725 e. The number of pyridine rings is 1. The molecular weight excluding hydrogens is 687 g/mol. The normalized spacial score (nSPS) is 14.7. The minimum absolute atomic E-state index is 0.482. The quantitative estimate of drug-likeness (QED) is 0.176. The van der Waals surface area contributed by atoms with Crippen molar-refractivity contribution in [2.24, 2.45) is 0 Å². The third-order valence-corrected chi connectivity index (χ3v) is 12.5. The number of fused-ring (bicyclic) bond motifs is 12. The number of benzene rings is 9. The first-order chi connectivity index (χ1) is 28.3. The van der Waals surface area contributed by atoms with Crippen LogP contribution in [-0.4, -0.2) is 4.98 Å². The van der Waals surface area contributed by atoms with Crippen LogP contribution in [0.25, 0.3) is 88.6 Å². The van der Waals surface area contributed by atoms with Gasteiger partial charge in [-0.15, -0.1) is 0 Å². The van der Waals surface area contributed by atoms with Gasteiger partial charge in [0.05, 0.1) is 16.8 Å². The van der Waals surface area contributed by atoms with Crippen LogP contribution in [0.5, 0.6) is 0 Å². The average Bonchev–Trinajstić information content (AvgIpc) is 3.76. The Balaban J connectivity index is 1.17. The Bertz CT molecular complexity index is 3140. The fourth-order valence-corrected chi connectivity index (χ4v) is 10.2. The Morgan fingerprint density at radius 1 is 0.281 bits per heavy atom. The highest BCUT2D eigenvalue weighted by Gasteiger charge is 2.52. The lowest BCUT2D eigenvalue weighted by molar-refractivity contribution is 0.794. The van der Waals surface area contributed by atoms with E-state index in [9.17, 15) is 0 Å². The number of hydrogen-bond donors (Lipinski definition) is 0. The van der Waals surface area contributed by atoms with E-state index < -0.39 is 5.41 Å². The molecule has 0 amide bonds. The molecule has 9 aromatic carbocycles. The fraction of sp³-hybridized carbons (Fsp3) is 0.0179. The van der Waals surface area contributed by atoms with E-state index in [0.29, 0.717) is 0 Å². The van der Waals surface area contributed by atoms with Gasteiger partial charge in [-0.3, -0.25) is 0 Å². The fourth-order valence-electron chi connectivity index (χ4n) is 10.2. The van der Waals surface area contributed by atoms with Crippen molar-refractivity contribution < 1.29 is 0 Å². The predicted molar refractivity (Wildman–Crippen MR) is 237 cm³/mol. The van der Waals surface area contributed by atoms with Crippen molar-refractivity contribution in [1.82, 2.24) is 4.98 Å². The van der Waals surface area contributed by atoms with Gasteiger partial charge in [0.1, 0.15) is 0 Å². The molecule has 10 aromatic rings. The van der Waals surface area contributed by atoms with Crippen molar-refractivity contribution in [2.45, 2.75) is 5.41 Å². The molecule has 1 unspecified atom stereocenters. The molecule has 12 rings (SSSR count). The summed E-state index contributed by atoms with van der Waals surface area (Å²) in [6.45, 7) is 0. The molecule has 0 bridgehead atoms.